The third-order valence-electron chi connectivity index (χ3n) is 5.98. The third-order valence-corrected chi connectivity index (χ3v) is 5.98. The highest BCUT2D eigenvalue weighted by Crippen LogP contribution is 2.37. The number of hydrogen-bond acceptors (Lipinski definition) is 3. The van der Waals surface area contributed by atoms with Crippen LogP contribution in [0.1, 0.15) is 43.7 Å². The van der Waals surface area contributed by atoms with Crippen LogP contribution in [0.15, 0.2) is 35.3 Å². The summed E-state index contributed by atoms with van der Waals surface area (Å²) in [4.78, 5) is 15.7. The first kappa shape index (κ1) is 19.8. The third kappa shape index (κ3) is 3.97. The Morgan fingerprint density at radius 2 is 1.97 bits per heavy atom. The molecule has 3 aromatic rings. The van der Waals surface area contributed by atoms with Gasteiger partial charge in [-0.15, -0.1) is 0 Å². The highest BCUT2D eigenvalue weighted by atomic mass is 16.5. The van der Waals surface area contributed by atoms with Crippen LogP contribution in [0.2, 0.25) is 0 Å². The molecule has 1 fully saturated rings. The first-order valence-corrected chi connectivity index (χ1v) is 10.6. The summed E-state index contributed by atoms with van der Waals surface area (Å²) >= 11 is 0. The van der Waals surface area contributed by atoms with Crippen LogP contribution in [-0.2, 0) is 7.05 Å². The van der Waals surface area contributed by atoms with Crippen LogP contribution in [0.5, 0.6) is 5.75 Å². The summed E-state index contributed by atoms with van der Waals surface area (Å²) in [6, 6.07) is 8.31. The minimum Gasteiger partial charge on any atom is -0.493 e. The topological polar surface area (TPSA) is 59.0 Å². The summed E-state index contributed by atoms with van der Waals surface area (Å²) < 4.78 is 7.83. The van der Waals surface area contributed by atoms with Crippen molar-refractivity contribution < 1.29 is 4.74 Å². The molecule has 3 heterocycles. The van der Waals surface area contributed by atoms with Crippen LogP contribution in [0.4, 0.5) is 0 Å². The van der Waals surface area contributed by atoms with E-state index in [-0.39, 0.29) is 5.56 Å². The van der Waals surface area contributed by atoms with Crippen molar-refractivity contribution >= 4 is 10.9 Å². The molecule has 5 heteroatoms. The van der Waals surface area contributed by atoms with Crippen LogP contribution in [0.25, 0.3) is 22.2 Å². The molecule has 0 saturated carbocycles. The minimum atomic E-state index is 0.0459. The number of benzene rings is 1. The van der Waals surface area contributed by atoms with E-state index in [4.69, 9.17) is 4.74 Å². The Balaban J connectivity index is 1.71. The zero-order valence-corrected chi connectivity index (χ0v) is 17.8. The zero-order chi connectivity index (χ0) is 20.5. The number of piperidine rings is 1. The maximum absolute atomic E-state index is 12.1. The number of nitrogens with one attached hydrogen (secondary N) is 2. The summed E-state index contributed by atoms with van der Waals surface area (Å²) in [6.45, 7) is 9.25. The average Bonchev–Trinajstić information content (AvgIpc) is 3.10. The number of pyridine rings is 1. The average molecular weight is 394 g/mol. The van der Waals surface area contributed by atoms with Gasteiger partial charge in [-0.05, 0) is 74.5 Å². The quantitative estimate of drug-likeness (QED) is 0.678. The van der Waals surface area contributed by atoms with Crippen molar-refractivity contribution in [1.29, 1.82) is 0 Å². The second-order valence-electron chi connectivity index (χ2n) is 8.61. The van der Waals surface area contributed by atoms with Gasteiger partial charge in [0.2, 0.25) is 0 Å². The smallest absolute Gasteiger partial charge is 0.253 e. The molecule has 0 unspecified atom stereocenters. The molecule has 1 saturated heterocycles. The molecule has 29 heavy (non-hydrogen) atoms. The molecular formula is C24H31N3O2. The number of aromatic nitrogens is 2. The summed E-state index contributed by atoms with van der Waals surface area (Å²) in [5.41, 5.74) is 5.30. The van der Waals surface area contributed by atoms with Gasteiger partial charge in [0, 0.05) is 35.3 Å². The van der Waals surface area contributed by atoms with E-state index >= 15 is 0 Å². The Morgan fingerprint density at radius 1 is 1.21 bits per heavy atom. The molecular weight excluding hydrogens is 362 g/mol. The largest absolute Gasteiger partial charge is 0.493 e. The molecule has 0 bridgehead atoms. The van der Waals surface area contributed by atoms with Crippen LogP contribution < -0.4 is 15.6 Å². The van der Waals surface area contributed by atoms with Gasteiger partial charge in [-0.3, -0.25) is 4.79 Å². The molecule has 0 atom stereocenters. The lowest BCUT2D eigenvalue weighted by molar-refractivity contribution is 0.215. The van der Waals surface area contributed by atoms with Crippen molar-refractivity contribution in [1.82, 2.24) is 14.9 Å². The standard InChI is InChI=1S/C24H31N3O2/c1-15(2)22-20-12-19(29-14-17-7-9-25-10-8-17)5-6-21(20)26-23(22)18-11-16(3)24(28)27(4)13-18/h5-6,11-13,15,17,25-26H,7-10,14H2,1-4H3. The summed E-state index contributed by atoms with van der Waals surface area (Å²) in [6.07, 6.45) is 4.28. The fourth-order valence-corrected chi connectivity index (χ4v) is 4.39. The van der Waals surface area contributed by atoms with Crippen molar-refractivity contribution in [2.45, 2.75) is 39.5 Å². The molecule has 0 spiro atoms. The molecule has 1 aliphatic heterocycles. The van der Waals surface area contributed by atoms with Crippen molar-refractivity contribution in [2.75, 3.05) is 19.7 Å². The molecule has 1 aliphatic rings. The van der Waals surface area contributed by atoms with Crippen LogP contribution in [-0.4, -0.2) is 29.2 Å². The fourth-order valence-electron chi connectivity index (χ4n) is 4.39. The maximum atomic E-state index is 12.1. The normalized spacial score (nSPS) is 15.3. The lowest BCUT2D eigenvalue weighted by Gasteiger charge is -2.22. The maximum Gasteiger partial charge on any atom is 0.253 e. The summed E-state index contributed by atoms with van der Waals surface area (Å²) in [7, 11) is 1.81. The van der Waals surface area contributed by atoms with Gasteiger partial charge in [-0.1, -0.05) is 13.8 Å². The van der Waals surface area contributed by atoms with Gasteiger partial charge in [0.05, 0.1) is 12.3 Å². The predicted octanol–water partition coefficient (Wildman–Crippen LogP) is 4.34. The lowest BCUT2D eigenvalue weighted by Crippen LogP contribution is -2.30. The van der Waals surface area contributed by atoms with Gasteiger partial charge < -0.3 is 19.6 Å². The van der Waals surface area contributed by atoms with E-state index in [1.54, 1.807) is 4.57 Å². The van der Waals surface area contributed by atoms with Crippen LogP contribution in [0, 0.1) is 12.8 Å². The Kier molecular flexibility index (Phi) is 5.50. The number of hydrogen-bond donors (Lipinski definition) is 2. The monoisotopic (exact) mass is 393 g/mol. The number of fused-ring (bicyclic) bond motifs is 1. The second kappa shape index (κ2) is 8.07. The van der Waals surface area contributed by atoms with Crippen LogP contribution in [0.3, 0.4) is 0 Å². The highest BCUT2D eigenvalue weighted by molar-refractivity contribution is 5.92. The number of H-pyrrole nitrogens is 1. The summed E-state index contributed by atoms with van der Waals surface area (Å²) in [5, 5.41) is 4.60. The summed E-state index contributed by atoms with van der Waals surface area (Å²) in [5.74, 6) is 1.91. The number of nitrogens with zero attached hydrogens (tertiary/aromatic N) is 1. The van der Waals surface area contributed by atoms with Crippen molar-refractivity contribution in [3.05, 3.63) is 51.9 Å². The number of aromatic amines is 1. The van der Waals surface area contributed by atoms with Crippen molar-refractivity contribution in [3.8, 4) is 17.0 Å². The second-order valence-corrected chi connectivity index (χ2v) is 8.61. The Hall–Kier alpha value is -2.53. The van der Waals surface area contributed by atoms with E-state index in [1.165, 1.54) is 23.8 Å². The molecule has 0 aliphatic carbocycles. The number of ether oxygens (including phenoxy) is 1. The van der Waals surface area contributed by atoms with Crippen molar-refractivity contribution in [2.24, 2.45) is 13.0 Å². The molecule has 4 rings (SSSR count). The number of rotatable bonds is 5. The minimum absolute atomic E-state index is 0.0459. The Morgan fingerprint density at radius 3 is 2.66 bits per heavy atom. The van der Waals surface area contributed by atoms with Gasteiger partial charge in [0.1, 0.15) is 5.75 Å². The van der Waals surface area contributed by atoms with E-state index in [9.17, 15) is 4.79 Å². The van der Waals surface area contributed by atoms with E-state index < -0.39 is 0 Å². The Labute approximate surface area is 172 Å². The molecule has 2 N–H and O–H groups in total. The highest BCUT2D eigenvalue weighted by Gasteiger charge is 2.19. The fraction of sp³-hybridized carbons (Fsp3) is 0.458. The van der Waals surface area contributed by atoms with Gasteiger partial charge in [-0.2, -0.15) is 0 Å². The van der Waals surface area contributed by atoms with Gasteiger partial charge in [0.15, 0.2) is 0 Å². The number of aryl methyl sites for hydroxylation is 2. The van der Waals surface area contributed by atoms with E-state index in [0.29, 0.717) is 11.8 Å². The van der Waals surface area contributed by atoms with Crippen LogP contribution >= 0.6 is 0 Å². The molecule has 154 valence electrons. The van der Waals surface area contributed by atoms with Gasteiger partial charge in [0.25, 0.3) is 5.56 Å². The van der Waals surface area contributed by atoms with E-state index in [2.05, 4.69) is 42.3 Å². The van der Waals surface area contributed by atoms with E-state index in [0.717, 1.165) is 47.8 Å². The van der Waals surface area contributed by atoms with Gasteiger partial charge >= 0.3 is 0 Å². The first-order valence-electron chi connectivity index (χ1n) is 10.6. The molecule has 5 nitrogen and oxygen atoms in total. The van der Waals surface area contributed by atoms with E-state index in [1.807, 2.05) is 26.2 Å². The lowest BCUT2D eigenvalue weighted by atomic mass is 9.96. The van der Waals surface area contributed by atoms with Crippen molar-refractivity contribution in [3.63, 3.8) is 0 Å². The molecule has 1 aromatic carbocycles. The van der Waals surface area contributed by atoms with Gasteiger partial charge in [-0.25, -0.2) is 0 Å². The molecule has 2 aromatic heterocycles. The first-order chi connectivity index (χ1) is 13.9. The molecule has 0 amide bonds. The SMILES string of the molecule is Cc1cc(-c2[nH]c3ccc(OCC4CCNCC4)cc3c2C(C)C)cn(C)c1=O. The predicted molar refractivity (Wildman–Crippen MR) is 119 cm³/mol. The molecule has 0 radical (unpaired) electrons. The Bertz CT molecular complexity index is 1050. The zero-order valence-electron chi connectivity index (χ0n) is 17.8.